The average molecular weight is 303 g/mol. The highest BCUT2D eigenvalue weighted by molar-refractivity contribution is 7.91. The molecule has 4 nitrogen and oxygen atoms in total. The first kappa shape index (κ1) is 15.0. The summed E-state index contributed by atoms with van der Waals surface area (Å²) in [5, 5.41) is 9.58. The summed E-state index contributed by atoms with van der Waals surface area (Å²) in [6, 6.07) is 3.51. The molecule has 0 spiro atoms. The van der Waals surface area contributed by atoms with E-state index in [0.29, 0.717) is 4.21 Å². The van der Waals surface area contributed by atoms with Crippen LogP contribution in [0.4, 0.5) is 0 Å². The zero-order chi connectivity index (χ0) is 13.9. The van der Waals surface area contributed by atoms with Crippen LogP contribution >= 0.6 is 11.3 Å². The molecule has 6 heteroatoms. The van der Waals surface area contributed by atoms with Crippen LogP contribution in [0.15, 0.2) is 16.3 Å². The Labute approximate surface area is 118 Å². The molecule has 1 aromatic heterocycles. The molecule has 1 heterocycles. The van der Waals surface area contributed by atoms with Gasteiger partial charge in [0.05, 0.1) is 12.1 Å². The fraction of sp³-hybridized carbons (Fsp3) is 0.692. The van der Waals surface area contributed by atoms with Crippen LogP contribution in [-0.2, 0) is 16.4 Å². The van der Waals surface area contributed by atoms with Crippen LogP contribution in [-0.4, -0.2) is 25.7 Å². The largest absolute Gasteiger partial charge is 0.394 e. The summed E-state index contributed by atoms with van der Waals surface area (Å²) in [5.74, 6) is 0. The highest BCUT2D eigenvalue weighted by Crippen LogP contribution is 2.31. The van der Waals surface area contributed by atoms with Gasteiger partial charge in [-0.2, -0.15) is 0 Å². The number of hydrogen-bond donors (Lipinski definition) is 2. The van der Waals surface area contributed by atoms with Crippen LogP contribution in [0.3, 0.4) is 0 Å². The predicted molar refractivity (Wildman–Crippen MR) is 76.9 cm³/mol. The predicted octanol–water partition coefficient (Wildman–Crippen LogP) is 2.28. The van der Waals surface area contributed by atoms with E-state index in [2.05, 4.69) is 4.72 Å². The monoisotopic (exact) mass is 303 g/mol. The van der Waals surface area contributed by atoms with Crippen molar-refractivity contribution in [1.29, 1.82) is 0 Å². The summed E-state index contributed by atoms with van der Waals surface area (Å²) in [4.78, 5) is 1.06. The van der Waals surface area contributed by atoms with Crippen molar-refractivity contribution >= 4 is 21.4 Å². The minimum Gasteiger partial charge on any atom is -0.394 e. The Morgan fingerprint density at radius 2 is 2.00 bits per heavy atom. The maximum atomic E-state index is 12.4. The number of hydrogen-bond acceptors (Lipinski definition) is 4. The summed E-state index contributed by atoms with van der Waals surface area (Å²) in [6.45, 7) is 1.88. The van der Waals surface area contributed by atoms with Crippen LogP contribution < -0.4 is 4.72 Å². The van der Waals surface area contributed by atoms with Crippen LogP contribution in [0, 0.1) is 0 Å². The van der Waals surface area contributed by atoms with Crippen molar-refractivity contribution < 1.29 is 13.5 Å². The van der Waals surface area contributed by atoms with E-state index in [0.717, 1.165) is 43.4 Å². The molecule has 0 bridgehead atoms. The summed E-state index contributed by atoms with van der Waals surface area (Å²) in [5.41, 5.74) is -0.659. The van der Waals surface area contributed by atoms with Crippen molar-refractivity contribution in [2.24, 2.45) is 0 Å². The number of aryl methyl sites for hydroxylation is 1. The molecule has 2 rings (SSSR count). The molecular formula is C13H21NO3S2. The maximum absolute atomic E-state index is 12.4. The van der Waals surface area contributed by atoms with Crippen LogP contribution in [0.5, 0.6) is 0 Å². The number of aliphatic hydroxyl groups excluding tert-OH is 1. The van der Waals surface area contributed by atoms with Crippen molar-refractivity contribution in [2.45, 2.75) is 55.2 Å². The van der Waals surface area contributed by atoms with E-state index in [9.17, 15) is 13.5 Å². The molecule has 1 saturated carbocycles. The molecule has 1 fully saturated rings. The van der Waals surface area contributed by atoms with Gasteiger partial charge in [0.1, 0.15) is 4.21 Å². The van der Waals surface area contributed by atoms with Crippen molar-refractivity contribution in [3.05, 3.63) is 17.0 Å². The van der Waals surface area contributed by atoms with Gasteiger partial charge < -0.3 is 5.11 Å². The number of rotatable bonds is 5. The van der Waals surface area contributed by atoms with Gasteiger partial charge >= 0.3 is 0 Å². The highest BCUT2D eigenvalue weighted by Gasteiger charge is 2.36. The smallest absolute Gasteiger partial charge is 0.250 e. The lowest BCUT2D eigenvalue weighted by Crippen LogP contribution is -2.52. The second kappa shape index (κ2) is 5.91. The second-order valence-electron chi connectivity index (χ2n) is 5.18. The molecule has 0 unspecified atom stereocenters. The summed E-state index contributed by atoms with van der Waals surface area (Å²) < 4.78 is 27.9. The van der Waals surface area contributed by atoms with Gasteiger partial charge in [-0.3, -0.25) is 0 Å². The lowest BCUT2D eigenvalue weighted by molar-refractivity contribution is 0.142. The maximum Gasteiger partial charge on any atom is 0.250 e. The molecule has 0 saturated heterocycles. The molecule has 108 valence electrons. The van der Waals surface area contributed by atoms with Gasteiger partial charge in [-0.05, 0) is 31.4 Å². The van der Waals surface area contributed by atoms with E-state index in [-0.39, 0.29) is 6.61 Å². The van der Waals surface area contributed by atoms with Gasteiger partial charge in [0, 0.05) is 4.88 Å². The molecule has 1 aliphatic carbocycles. The van der Waals surface area contributed by atoms with Crippen LogP contribution in [0.25, 0.3) is 0 Å². The number of aliphatic hydroxyl groups is 1. The van der Waals surface area contributed by atoms with Crippen molar-refractivity contribution in [1.82, 2.24) is 4.72 Å². The van der Waals surface area contributed by atoms with Crippen LogP contribution in [0.2, 0.25) is 0 Å². The molecule has 1 aromatic rings. The van der Waals surface area contributed by atoms with Gasteiger partial charge in [0.25, 0.3) is 10.0 Å². The third kappa shape index (κ3) is 3.37. The standard InChI is InChI=1S/C13H21NO3S2/c1-2-11-6-7-12(18-11)19(16,17)14-13(10-15)8-4-3-5-9-13/h6-7,14-15H,2-5,8-10H2,1H3. The average Bonchev–Trinajstić information content (AvgIpc) is 2.89. The lowest BCUT2D eigenvalue weighted by atomic mass is 9.83. The third-order valence-electron chi connectivity index (χ3n) is 3.71. The molecular weight excluding hydrogens is 282 g/mol. The Morgan fingerprint density at radius 3 is 2.53 bits per heavy atom. The number of nitrogens with one attached hydrogen (secondary N) is 1. The van der Waals surface area contributed by atoms with Crippen molar-refractivity contribution in [2.75, 3.05) is 6.61 Å². The van der Waals surface area contributed by atoms with E-state index in [1.54, 1.807) is 6.07 Å². The quantitative estimate of drug-likeness (QED) is 0.877. The van der Waals surface area contributed by atoms with E-state index in [1.807, 2.05) is 13.0 Å². The zero-order valence-electron chi connectivity index (χ0n) is 11.2. The highest BCUT2D eigenvalue weighted by atomic mass is 32.2. The molecule has 19 heavy (non-hydrogen) atoms. The van der Waals surface area contributed by atoms with E-state index >= 15 is 0 Å². The number of thiophene rings is 1. The van der Waals surface area contributed by atoms with Crippen LogP contribution in [0.1, 0.15) is 43.9 Å². The van der Waals surface area contributed by atoms with E-state index < -0.39 is 15.6 Å². The topological polar surface area (TPSA) is 66.4 Å². The first-order valence-corrected chi connectivity index (χ1v) is 9.05. The summed E-state index contributed by atoms with van der Waals surface area (Å²) in [7, 11) is -3.51. The Morgan fingerprint density at radius 1 is 1.32 bits per heavy atom. The Balaban J connectivity index is 2.19. The summed E-state index contributed by atoms with van der Waals surface area (Å²) in [6.07, 6.45) is 5.32. The normalized spacial score (nSPS) is 19.5. The van der Waals surface area contributed by atoms with Gasteiger partial charge in [-0.1, -0.05) is 26.2 Å². The summed E-state index contributed by atoms with van der Waals surface area (Å²) >= 11 is 1.31. The minimum absolute atomic E-state index is 0.127. The minimum atomic E-state index is -3.51. The SMILES string of the molecule is CCc1ccc(S(=O)(=O)NC2(CO)CCCCC2)s1. The second-order valence-corrected chi connectivity index (χ2v) is 8.26. The fourth-order valence-corrected chi connectivity index (χ4v) is 5.30. The van der Waals surface area contributed by atoms with Gasteiger partial charge in [0.2, 0.25) is 0 Å². The first-order chi connectivity index (χ1) is 9.01. The molecule has 0 radical (unpaired) electrons. The third-order valence-corrected chi connectivity index (χ3v) is 7.01. The molecule has 1 aliphatic rings. The first-order valence-electron chi connectivity index (χ1n) is 6.75. The van der Waals surface area contributed by atoms with Crippen molar-refractivity contribution in [3.8, 4) is 0 Å². The molecule has 0 amide bonds. The van der Waals surface area contributed by atoms with Gasteiger partial charge in [-0.25, -0.2) is 13.1 Å². The van der Waals surface area contributed by atoms with E-state index in [1.165, 1.54) is 11.3 Å². The fourth-order valence-electron chi connectivity index (χ4n) is 2.55. The molecule has 0 aliphatic heterocycles. The Kier molecular flexibility index (Phi) is 4.66. The number of sulfonamides is 1. The zero-order valence-corrected chi connectivity index (χ0v) is 12.8. The lowest BCUT2D eigenvalue weighted by Gasteiger charge is -2.35. The van der Waals surface area contributed by atoms with Gasteiger partial charge in [0.15, 0.2) is 0 Å². The van der Waals surface area contributed by atoms with Gasteiger partial charge in [-0.15, -0.1) is 11.3 Å². The Bertz CT molecular complexity index is 516. The molecule has 0 aromatic carbocycles. The van der Waals surface area contributed by atoms with E-state index in [4.69, 9.17) is 0 Å². The molecule has 2 N–H and O–H groups in total. The Hall–Kier alpha value is -0.430. The van der Waals surface area contributed by atoms with Crippen molar-refractivity contribution in [3.63, 3.8) is 0 Å². The molecule has 0 atom stereocenters.